The van der Waals surface area contributed by atoms with E-state index in [1.165, 1.54) is 0 Å². The van der Waals surface area contributed by atoms with Crippen molar-refractivity contribution in [1.29, 1.82) is 0 Å². The zero-order chi connectivity index (χ0) is 16.2. The molecule has 0 spiro atoms. The first-order chi connectivity index (χ1) is 11.2. The minimum absolute atomic E-state index is 0.0468. The van der Waals surface area contributed by atoms with Gasteiger partial charge in [0, 0.05) is 19.8 Å². The summed E-state index contributed by atoms with van der Waals surface area (Å²) in [6.07, 6.45) is 4.76. The molecule has 0 amide bonds. The first-order valence-electron chi connectivity index (χ1n) is 7.85. The topological polar surface area (TPSA) is 57.1 Å². The number of carbonyl (C=O) groups excluding carboxylic acids is 1. The predicted octanol–water partition coefficient (Wildman–Crippen LogP) is 2.70. The number of nitrogens with zero attached hydrogens (tertiary/aromatic N) is 1. The highest BCUT2D eigenvalue weighted by atomic mass is 16.6. The number of benzene rings is 1. The lowest BCUT2D eigenvalue weighted by molar-refractivity contribution is -0.130. The van der Waals surface area contributed by atoms with Crippen LogP contribution in [0.25, 0.3) is 0 Å². The maximum Gasteiger partial charge on any atom is 0.363 e. The molecule has 1 aromatic rings. The fourth-order valence-electron chi connectivity index (χ4n) is 3.15. The highest BCUT2D eigenvalue weighted by Crippen LogP contribution is 2.31. The minimum Gasteiger partial charge on any atom is -0.402 e. The number of rotatable bonds is 4. The van der Waals surface area contributed by atoms with E-state index in [4.69, 9.17) is 14.2 Å². The lowest BCUT2D eigenvalue weighted by Crippen LogP contribution is -2.36. The number of cyclic esters (lactones) is 1. The van der Waals surface area contributed by atoms with Gasteiger partial charge in [0.1, 0.15) is 5.70 Å². The van der Waals surface area contributed by atoms with Crippen LogP contribution in [0.1, 0.15) is 24.8 Å². The van der Waals surface area contributed by atoms with Gasteiger partial charge in [0.2, 0.25) is 5.90 Å². The first-order valence-corrected chi connectivity index (χ1v) is 7.85. The molecule has 5 heteroatoms. The highest BCUT2D eigenvalue weighted by Gasteiger charge is 2.32. The maximum atomic E-state index is 12.0. The zero-order valence-electron chi connectivity index (χ0n) is 13.4. The third kappa shape index (κ3) is 3.51. The van der Waals surface area contributed by atoms with Crippen molar-refractivity contribution in [3.63, 3.8) is 0 Å². The van der Waals surface area contributed by atoms with Crippen molar-refractivity contribution in [2.24, 2.45) is 10.9 Å². The molecule has 2 aliphatic rings. The van der Waals surface area contributed by atoms with Crippen molar-refractivity contribution in [3.8, 4) is 0 Å². The van der Waals surface area contributed by atoms with E-state index in [9.17, 15) is 4.79 Å². The van der Waals surface area contributed by atoms with Gasteiger partial charge in [0.15, 0.2) is 0 Å². The van der Waals surface area contributed by atoms with E-state index in [2.05, 4.69) is 4.99 Å². The molecule has 0 N–H and O–H groups in total. The average molecular weight is 315 g/mol. The summed E-state index contributed by atoms with van der Waals surface area (Å²) >= 11 is 0. The standard InChI is InChI=1S/C18H21NO4/c1-21-15-9-8-12(11-16(15)22-2)10-14-18(20)23-17(19-14)13-6-4-3-5-7-13/h3-7,10,12,15-16H,8-9,11H2,1-2H3/b14-10+. The lowest BCUT2D eigenvalue weighted by atomic mass is 9.84. The Hall–Kier alpha value is -1.98. The quantitative estimate of drug-likeness (QED) is 0.633. The van der Waals surface area contributed by atoms with Crippen LogP contribution in [0.3, 0.4) is 0 Å². The van der Waals surface area contributed by atoms with Crippen LogP contribution in [0.2, 0.25) is 0 Å². The van der Waals surface area contributed by atoms with Crippen LogP contribution in [0.5, 0.6) is 0 Å². The molecular weight excluding hydrogens is 294 g/mol. The smallest absolute Gasteiger partial charge is 0.363 e. The molecule has 1 aliphatic heterocycles. The van der Waals surface area contributed by atoms with Crippen LogP contribution < -0.4 is 0 Å². The number of hydrogen-bond acceptors (Lipinski definition) is 5. The Morgan fingerprint density at radius 1 is 1.13 bits per heavy atom. The molecule has 122 valence electrons. The molecule has 1 aliphatic carbocycles. The summed E-state index contributed by atoms with van der Waals surface area (Å²) in [5.41, 5.74) is 1.20. The summed E-state index contributed by atoms with van der Waals surface area (Å²) in [4.78, 5) is 16.4. The zero-order valence-corrected chi connectivity index (χ0v) is 13.4. The van der Waals surface area contributed by atoms with Gasteiger partial charge in [-0.15, -0.1) is 0 Å². The molecule has 1 saturated carbocycles. The SMILES string of the molecule is COC1CCC(/C=C2/N=C(c3ccccc3)OC2=O)CC1OC. The van der Waals surface area contributed by atoms with Gasteiger partial charge in [-0.3, -0.25) is 0 Å². The summed E-state index contributed by atoms with van der Waals surface area (Å²) in [7, 11) is 3.40. The van der Waals surface area contributed by atoms with E-state index in [0.29, 0.717) is 11.6 Å². The normalized spacial score (nSPS) is 29.5. The van der Waals surface area contributed by atoms with Crippen LogP contribution in [0.4, 0.5) is 0 Å². The summed E-state index contributed by atoms with van der Waals surface area (Å²) in [6.45, 7) is 0. The van der Waals surface area contributed by atoms with Gasteiger partial charge in [-0.1, -0.05) is 18.2 Å². The minimum atomic E-state index is -0.383. The van der Waals surface area contributed by atoms with E-state index < -0.39 is 0 Å². The summed E-state index contributed by atoms with van der Waals surface area (Å²) < 4.78 is 16.2. The molecule has 0 saturated heterocycles. The molecule has 0 radical (unpaired) electrons. The van der Waals surface area contributed by atoms with Gasteiger partial charge in [-0.05, 0) is 43.4 Å². The van der Waals surface area contributed by atoms with Crippen molar-refractivity contribution in [2.45, 2.75) is 31.5 Å². The van der Waals surface area contributed by atoms with Crippen LogP contribution in [0.15, 0.2) is 47.1 Å². The second-order valence-corrected chi connectivity index (χ2v) is 5.85. The number of aliphatic imine (C=N–C) groups is 1. The first kappa shape index (κ1) is 15.9. The van der Waals surface area contributed by atoms with Gasteiger partial charge in [-0.2, -0.15) is 0 Å². The van der Waals surface area contributed by atoms with Gasteiger partial charge in [-0.25, -0.2) is 9.79 Å². The second kappa shape index (κ2) is 7.06. The van der Waals surface area contributed by atoms with Crippen molar-refractivity contribution in [1.82, 2.24) is 0 Å². The predicted molar refractivity (Wildman–Crippen MR) is 86.1 cm³/mol. The highest BCUT2D eigenvalue weighted by molar-refractivity contribution is 6.11. The Labute approximate surface area is 136 Å². The molecule has 23 heavy (non-hydrogen) atoms. The molecule has 1 aromatic carbocycles. The van der Waals surface area contributed by atoms with Crippen molar-refractivity contribution < 1.29 is 19.0 Å². The van der Waals surface area contributed by atoms with Gasteiger partial charge in [0.05, 0.1) is 12.2 Å². The molecule has 3 atom stereocenters. The molecule has 1 fully saturated rings. The largest absolute Gasteiger partial charge is 0.402 e. The van der Waals surface area contributed by atoms with E-state index in [1.54, 1.807) is 14.2 Å². The Bertz CT molecular complexity index is 623. The maximum absolute atomic E-state index is 12.0. The molecular formula is C18H21NO4. The van der Waals surface area contributed by atoms with Crippen molar-refractivity contribution >= 4 is 11.9 Å². The Kier molecular flexibility index (Phi) is 4.88. The number of methoxy groups -OCH3 is 2. The second-order valence-electron chi connectivity index (χ2n) is 5.85. The summed E-state index contributed by atoms with van der Waals surface area (Å²) in [5, 5.41) is 0. The molecule has 3 rings (SSSR count). The Morgan fingerprint density at radius 3 is 2.57 bits per heavy atom. The molecule has 1 heterocycles. The summed E-state index contributed by atoms with van der Waals surface area (Å²) in [6, 6.07) is 9.45. The number of allylic oxidation sites excluding steroid dienone is 1. The van der Waals surface area contributed by atoms with Crippen molar-refractivity contribution in [2.75, 3.05) is 14.2 Å². The molecule has 0 aromatic heterocycles. The number of esters is 1. The van der Waals surface area contributed by atoms with E-state index >= 15 is 0 Å². The van der Waals surface area contributed by atoms with Crippen LogP contribution in [-0.4, -0.2) is 38.3 Å². The fourth-order valence-corrected chi connectivity index (χ4v) is 3.15. The Morgan fingerprint density at radius 2 is 1.87 bits per heavy atom. The van der Waals surface area contributed by atoms with Crippen molar-refractivity contribution in [3.05, 3.63) is 47.7 Å². The number of hydrogen-bond donors (Lipinski definition) is 0. The van der Waals surface area contributed by atoms with E-state index in [1.807, 2.05) is 36.4 Å². The fraction of sp³-hybridized carbons (Fsp3) is 0.444. The van der Waals surface area contributed by atoms with E-state index in [0.717, 1.165) is 24.8 Å². The third-order valence-corrected chi connectivity index (χ3v) is 4.41. The molecule has 3 unspecified atom stereocenters. The molecule has 0 bridgehead atoms. The monoisotopic (exact) mass is 315 g/mol. The third-order valence-electron chi connectivity index (χ3n) is 4.41. The summed E-state index contributed by atoms with van der Waals surface area (Å²) in [5.74, 6) is 0.232. The van der Waals surface area contributed by atoms with Gasteiger partial charge >= 0.3 is 5.97 Å². The van der Waals surface area contributed by atoms with Crippen LogP contribution >= 0.6 is 0 Å². The average Bonchev–Trinajstić information content (AvgIpc) is 2.96. The number of carbonyl (C=O) groups is 1. The van der Waals surface area contributed by atoms with Gasteiger partial charge < -0.3 is 14.2 Å². The van der Waals surface area contributed by atoms with E-state index in [-0.39, 0.29) is 24.1 Å². The van der Waals surface area contributed by atoms with Crippen LogP contribution in [0, 0.1) is 5.92 Å². The molecule has 5 nitrogen and oxygen atoms in total. The van der Waals surface area contributed by atoms with Gasteiger partial charge in [0.25, 0.3) is 0 Å². The Balaban J connectivity index is 1.75. The number of ether oxygens (including phenoxy) is 3. The van der Waals surface area contributed by atoms with Crippen LogP contribution in [-0.2, 0) is 19.0 Å². The lowest BCUT2D eigenvalue weighted by Gasteiger charge is -2.33.